The van der Waals surface area contributed by atoms with Gasteiger partial charge in [-0.15, -0.1) is 0 Å². The van der Waals surface area contributed by atoms with Crippen LogP contribution in [-0.2, 0) is 4.79 Å². The number of amides is 1. The van der Waals surface area contributed by atoms with Crippen molar-refractivity contribution in [2.75, 3.05) is 25.5 Å². The van der Waals surface area contributed by atoms with Gasteiger partial charge in [0.15, 0.2) is 0 Å². The van der Waals surface area contributed by atoms with E-state index >= 15 is 0 Å². The third-order valence-electron chi connectivity index (χ3n) is 7.02. The zero-order valence-electron chi connectivity index (χ0n) is 19.0. The van der Waals surface area contributed by atoms with Crippen molar-refractivity contribution in [2.24, 2.45) is 5.92 Å². The Balaban J connectivity index is 1.25. The molecule has 1 saturated carbocycles. The largest absolute Gasteiger partial charge is 0.367 e. The molecule has 2 aliphatic rings. The molecule has 3 aromatic heterocycles. The number of pyridine rings is 2. The second kappa shape index (κ2) is 9.69. The van der Waals surface area contributed by atoms with Crippen LogP contribution in [0.1, 0.15) is 38.5 Å². The van der Waals surface area contributed by atoms with Crippen LogP contribution in [0.15, 0.2) is 36.7 Å². The molecule has 1 amide bonds. The molecule has 1 aliphatic carbocycles. The number of hydrogen-bond acceptors (Lipinski definition) is 5. The predicted molar refractivity (Wildman–Crippen MR) is 132 cm³/mol. The van der Waals surface area contributed by atoms with Crippen LogP contribution in [0.3, 0.4) is 0 Å². The smallest absolute Gasteiger partial charge is 0.223 e. The van der Waals surface area contributed by atoms with Gasteiger partial charge in [-0.2, -0.15) is 0 Å². The molecule has 33 heavy (non-hydrogen) atoms. The van der Waals surface area contributed by atoms with Crippen molar-refractivity contribution >= 4 is 34.4 Å². The molecule has 8 heteroatoms. The lowest BCUT2D eigenvalue weighted by Crippen LogP contribution is -2.46. The van der Waals surface area contributed by atoms with Crippen LogP contribution in [0.2, 0.25) is 5.15 Å². The van der Waals surface area contributed by atoms with Gasteiger partial charge in [-0.05, 0) is 88.5 Å². The third kappa shape index (κ3) is 5.14. The first-order chi connectivity index (χ1) is 16.0. The summed E-state index contributed by atoms with van der Waals surface area (Å²) in [7, 11) is 2.12. The Morgan fingerprint density at radius 2 is 2.00 bits per heavy atom. The van der Waals surface area contributed by atoms with Crippen molar-refractivity contribution in [1.82, 2.24) is 25.2 Å². The van der Waals surface area contributed by atoms with Crippen LogP contribution in [0.5, 0.6) is 0 Å². The van der Waals surface area contributed by atoms with Crippen LogP contribution in [0, 0.1) is 5.92 Å². The number of nitrogens with one attached hydrogen (secondary N) is 3. The van der Waals surface area contributed by atoms with E-state index in [-0.39, 0.29) is 23.9 Å². The van der Waals surface area contributed by atoms with E-state index in [0.717, 1.165) is 79.6 Å². The van der Waals surface area contributed by atoms with Crippen LogP contribution >= 0.6 is 11.6 Å². The molecular formula is C25H31ClN6O. The number of aromatic nitrogens is 3. The first-order valence-corrected chi connectivity index (χ1v) is 12.3. The number of aromatic amines is 1. The van der Waals surface area contributed by atoms with Gasteiger partial charge in [-0.25, -0.2) is 9.97 Å². The molecule has 3 aromatic rings. The Morgan fingerprint density at radius 1 is 1.18 bits per heavy atom. The number of piperidine rings is 1. The molecule has 4 heterocycles. The SMILES string of the molecule is CN1CCC(C(=O)NC2CCCC(Nc3cc(-c4c[nH]c5ncccc45)cc(Cl)n3)C2)CC1. The molecule has 5 rings (SSSR count). The highest BCUT2D eigenvalue weighted by atomic mass is 35.5. The maximum Gasteiger partial charge on any atom is 0.223 e. The summed E-state index contributed by atoms with van der Waals surface area (Å²) in [5, 5.41) is 8.42. The lowest BCUT2D eigenvalue weighted by Gasteiger charge is -2.33. The highest BCUT2D eigenvalue weighted by Crippen LogP contribution is 2.31. The van der Waals surface area contributed by atoms with Gasteiger partial charge in [0.25, 0.3) is 0 Å². The molecule has 2 fully saturated rings. The van der Waals surface area contributed by atoms with E-state index in [4.69, 9.17) is 11.6 Å². The van der Waals surface area contributed by atoms with Crippen molar-refractivity contribution < 1.29 is 4.79 Å². The minimum atomic E-state index is 0.150. The van der Waals surface area contributed by atoms with Gasteiger partial charge in [-0.1, -0.05) is 11.6 Å². The second-order valence-electron chi connectivity index (χ2n) is 9.46. The minimum Gasteiger partial charge on any atom is -0.367 e. The average molecular weight is 467 g/mol. The number of H-pyrrole nitrogens is 1. The molecule has 1 saturated heterocycles. The number of nitrogens with zero attached hydrogens (tertiary/aromatic N) is 3. The molecule has 1 aliphatic heterocycles. The monoisotopic (exact) mass is 466 g/mol. The Morgan fingerprint density at radius 3 is 2.85 bits per heavy atom. The van der Waals surface area contributed by atoms with Crippen LogP contribution in [-0.4, -0.2) is 58.0 Å². The van der Waals surface area contributed by atoms with Crippen molar-refractivity contribution in [3.8, 4) is 11.1 Å². The van der Waals surface area contributed by atoms with Crippen molar-refractivity contribution in [3.05, 3.63) is 41.8 Å². The fraction of sp³-hybridized carbons (Fsp3) is 0.480. The van der Waals surface area contributed by atoms with Crippen molar-refractivity contribution in [3.63, 3.8) is 0 Å². The van der Waals surface area contributed by atoms with E-state index in [1.807, 2.05) is 30.5 Å². The zero-order chi connectivity index (χ0) is 22.8. The van der Waals surface area contributed by atoms with Gasteiger partial charge in [0.05, 0.1) is 0 Å². The first kappa shape index (κ1) is 22.2. The van der Waals surface area contributed by atoms with Gasteiger partial charge < -0.3 is 20.5 Å². The Bertz CT molecular complexity index is 1120. The number of fused-ring (bicyclic) bond motifs is 1. The van der Waals surface area contributed by atoms with Crippen molar-refractivity contribution in [1.29, 1.82) is 0 Å². The van der Waals surface area contributed by atoms with Crippen LogP contribution < -0.4 is 10.6 Å². The Kier molecular flexibility index (Phi) is 6.51. The van der Waals surface area contributed by atoms with Gasteiger partial charge in [0.2, 0.25) is 5.91 Å². The molecule has 0 bridgehead atoms. The quantitative estimate of drug-likeness (QED) is 0.483. The fourth-order valence-electron chi connectivity index (χ4n) is 5.17. The summed E-state index contributed by atoms with van der Waals surface area (Å²) in [6.07, 6.45) is 9.72. The molecule has 174 valence electrons. The van der Waals surface area contributed by atoms with E-state index < -0.39 is 0 Å². The number of anilines is 1. The highest BCUT2D eigenvalue weighted by molar-refractivity contribution is 6.29. The molecule has 2 unspecified atom stereocenters. The summed E-state index contributed by atoms with van der Waals surface area (Å²) in [6, 6.07) is 8.38. The highest BCUT2D eigenvalue weighted by Gasteiger charge is 2.28. The molecule has 0 spiro atoms. The summed E-state index contributed by atoms with van der Waals surface area (Å²) >= 11 is 6.39. The van der Waals surface area contributed by atoms with Gasteiger partial charge in [-0.3, -0.25) is 4.79 Å². The Hall–Kier alpha value is -2.64. The van der Waals surface area contributed by atoms with E-state index in [1.54, 1.807) is 6.20 Å². The molecule has 2 atom stereocenters. The summed E-state index contributed by atoms with van der Waals surface area (Å²) in [5.41, 5.74) is 2.91. The lowest BCUT2D eigenvalue weighted by atomic mass is 9.89. The fourth-order valence-corrected chi connectivity index (χ4v) is 5.38. The maximum atomic E-state index is 12.8. The third-order valence-corrected chi connectivity index (χ3v) is 7.21. The maximum absolute atomic E-state index is 12.8. The van der Waals surface area contributed by atoms with Gasteiger partial charge in [0.1, 0.15) is 16.6 Å². The van der Waals surface area contributed by atoms with Crippen LogP contribution in [0.4, 0.5) is 5.82 Å². The number of likely N-dealkylation sites (tertiary alicyclic amines) is 1. The van der Waals surface area contributed by atoms with E-state index in [2.05, 4.69) is 37.5 Å². The lowest BCUT2D eigenvalue weighted by molar-refractivity contribution is -0.127. The van der Waals surface area contributed by atoms with E-state index in [1.165, 1.54) is 0 Å². The van der Waals surface area contributed by atoms with Gasteiger partial charge >= 0.3 is 0 Å². The number of rotatable bonds is 5. The molecule has 3 N–H and O–H groups in total. The zero-order valence-corrected chi connectivity index (χ0v) is 19.7. The molecule has 7 nitrogen and oxygen atoms in total. The minimum absolute atomic E-state index is 0.150. The van der Waals surface area contributed by atoms with E-state index in [0.29, 0.717) is 5.15 Å². The number of hydrogen-bond donors (Lipinski definition) is 3. The number of halogens is 1. The summed E-state index contributed by atoms with van der Waals surface area (Å²) < 4.78 is 0. The average Bonchev–Trinajstić information content (AvgIpc) is 3.24. The van der Waals surface area contributed by atoms with Crippen molar-refractivity contribution in [2.45, 2.75) is 50.6 Å². The molecule has 0 radical (unpaired) electrons. The molecule has 0 aromatic carbocycles. The Labute approximate surface area is 199 Å². The summed E-state index contributed by atoms with van der Waals surface area (Å²) in [5.74, 6) is 1.14. The first-order valence-electron chi connectivity index (χ1n) is 11.9. The topological polar surface area (TPSA) is 85.9 Å². The normalized spacial score (nSPS) is 22.4. The predicted octanol–water partition coefficient (Wildman–Crippen LogP) is 4.46. The molecular weight excluding hydrogens is 436 g/mol. The van der Waals surface area contributed by atoms with Crippen LogP contribution in [0.25, 0.3) is 22.2 Å². The summed E-state index contributed by atoms with van der Waals surface area (Å²) in [6.45, 7) is 2.00. The summed E-state index contributed by atoms with van der Waals surface area (Å²) in [4.78, 5) is 27.2. The van der Waals surface area contributed by atoms with Gasteiger partial charge in [0, 0.05) is 41.3 Å². The van der Waals surface area contributed by atoms with E-state index in [9.17, 15) is 4.79 Å². The second-order valence-corrected chi connectivity index (χ2v) is 9.84. The standard InChI is InChI=1S/C25H31ClN6O/c1-32-10-7-16(8-11-32)25(33)30-19-5-2-4-18(14-19)29-23-13-17(12-22(26)31-23)21-15-28-24-20(21)6-3-9-27-24/h3,6,9,12-13,15-16,18-19H,2,4-5,7-8,10-11,14H2,1H3,(H,27,28)(H,29,31)(H,30,33). The number of carbonyl (C=O) groups excluding carboxylic acids is 1. The number of carbonyl (C=O) groups is 1.